The van der Waals surface area contributed by atoms with E-state index >= 15 is 0 Å². The smallest absolute Gasteiger partial charge is 0.263 e. The molecule has 0 aliphatic heterocycles. The molecule has 1 amide bonds. The van der Waals surface area contributed by atoms with Gasteiger partial charge in [0.1, 0.15) is 4.90 Å². The van der Waals surface area contributed by atoms with Gasteiger partial charge in [0.25, 0.3) is 15.9 Å². The summed E-state index contributed by atoms with van der Waals surface area (Å²) in [6, 6.07) is 18.9. The van der Waals surface area contributed by atoms with Crippen LogP contribution in [0.3, 0.4) is 0 Å². The summed E-state index contributed by atoms with van der Waals surface area (Å²) in [5, 5.41) is 2.95. The van der Waals surface area contributed by atoms with Crippen LogP contribution in [-0.2, 0) is 16.4 Å². The average Bonchev–Trinajstić information content (AvgIpc) is 2.75. The summed E-state index contributed by atoms with van der Waals surface area (Å²) in [4.78, 5) is 12.6. The average molecular weight is 457 g/mol. The molecule has 7 heteroatoms. The van der Waals surface area contributed by atoms with Crippen molar-refractivity contribution in [2.75, 3.05) is 4.72 Å². The van der Waals surface area contributed by atoms with Gasteiger partial charge in [0.15, 0.2) is 0 Å². The highest BCUT2D eigenvalue weighted by Crippen LogP contribution is 2.26. The van der Waals surface area contributed by atoms with Crippen LogP contribution < -0.4 is 10.0 Å². The standard InChI is InChI=1S/C24H25ClN2O3S/c1-4-18-7-9-19(10-8-18)17(3)26-24(28)20-11-14-22(25)23(15-20)31(29,30)27-21-12-5-16(2)6-13-21/h5-15,17,27H,4H2,1-3H3,(H,26,28). The van der Waals surface area contributed by atoms with Crippen LogP contribution in [0.2, 0.25) is 5.02 Å². The van der Waals surface area contributed by atoms with Gasteiger partial charge in [-0.05, 0) is 61.7 Å². The summed E-state index contributed by atoms with van der Waals surface area (Å²) in [6.07, 6.45) is 0.944. The van der Waals surface area contributed by atoms with Gasteiger partial charge in [-0.2, -0.15) is 0 Å². The Morgan fingerprint density at radius 1 is 1.00 bits per heavy atom. The van der Waals surface area contributed by atoms with E-state index in [0.717, 1.165) is 17.5 Å². The zero-order chi connectivity index (χ0) is 22.6. The monoisotopic (exact) mass is 456 g/mol. The van der Waals surface area contributed by atoms with Gasteiger partial charge in [-0.3, -0.25) is 9.52 Å². The Morgan fingerprint density at radius 3 is 2.26 bits per heavy atom. The van der Waals surface area contributed by atoms with Crippen LogP contribution in [-0.4, -0.2) is 14.3 Å². The van der Waals surface area contributed by atoms with Crippen LogP contribution in [0.1, 0.15) is 46.9 Å². The molecule has 0 spiro atoms. The second kappa shape index (κ2) is 9.54. The van der Waals surface area contributed by atoms with Gasteiger partial charge in [0.05, 0.1) is 11.1 Å². The third kappa shape index (κ3) is 5.66. The summed E-state index contributed by atoms with van der Waals surface area (Å²) in [6.45, 7) is 5.88. The number of amides is 1. The molecule has 0 bridgehead atoms. The van der Waals surface area contributed by atoms with Crippen molar-refractivity contribution >= 4 is 33.2 Å². The summed E-state index contributed by atoms with van der Waals surface area (Å²) in [7, 11) is -3.96. The maximum absolute atomic E-state index is 12.9. The molecule has 3 aromatic carbocycles. The van der Waals surface area contributed by atoms with Crippen LogP contribution in [0, 0.1) is 6.92 Å². The van der Waals surface area contributed by atoms with Crippen molar-refractivity contribution < 1.29 is 13.2 Å². The minimum Gasteiger partial charge on any atom is -0.346 e. The quantitative estimate of drug-likeness (QED) is 0.492. The maximum atomic E-state index is 12.9. The first kappa shape index (κ1) is 22.8. The Bertz CT molecular complexity index is 1170. The van der Waals surface area contributed by atoms with Crippen LogP contribution in [0.15, 0.2) is 71.6 Å². The molecular weight excluding hydrogens is 432 g/mol. The third-order valence-corrected chi connectivity index (χ3v) is 6.89. The molecule has 31 heavy (non-hydrogen) atoms. The van der Waals surface area contributed by atoms with Crippen molar-refractivity contribution in [2.24, 2.45) is 0 Å². The van der Waals surface area contributed by atoms with Gasteiger partial charge < -0.3 is 5.32 Å². The minimum atomic E-state index is -3.96. The van der Waals surface area contributed by atoms with Gasteiger partial charge in [0, 0.05) is 11.3 Å². The zero-order valence-electron chi connectivity index (χ0n) is 17.6. The number of carbonyl (C=O) groups excluding carboxylic acids is 1. The normalized spacial score (nSPS) is 12.3. The van der Waals surface area contributed by atoms with E-state index < -0.39 is 10.0 Å². The van der Waals surface area contributed by atoms with Gasteiger partial charge in [-0.15, -0.1) is 0 Å². The summed E-state index contributed by atoms with van der Waals surface area (Å²) in [5.74, 6) is -0.379. The number of sulfonamides is 1. The van der Waals surface area contributed by atoms with E-state index in [9.17, 15) is 13.2 Å². The fourth-order valence-electron chi connectivity index (χ4n) is 3.09. The molecule has 0 aliphatic rings. The third-order valence-electron chi connectivity index (χ3n) is 5.02. The van der Waals surface area contributed by atoms with E-state index in [1.165, 1.54) is 23.8 Å². The minimum absolute atomic E-state index is 0.0411. The largest absolute Gasteiger partial charge is 0.346 e. The lowest BCUT2D eigenvalue weighted by atomic mass is 10.0. The van der Waals surface area contributed by atoms with E-state index in [2.05, 4.69) is 17.0 Å². The molecule has 0 saturated carbocycles. The van der Waals surface area contributed by atoms with E-state index in [-0.39, 0.29) is 27.4 Å². The number of halogens is 1. The van der Waals surface area contributed by atoms with Crippen LogP contribution >= 0.6 is 11.6 Å². The fraction of sp³-hybridized carbons (Fsp3) is 0.208. The molecular formula is C24H25ClN2O3S. The molecule has 5 nitrogen and oxygen atoms in total. The van der Waals surface area contributed by atoms with Crippen LogP contribution in [0.25, 0.3) is 0 Å². The highest BCUT2D eigenvalue weighted by Gasteiger charge is 2.21. The lowest BCUT2D eigenvalue weighted by Gasteiger charge is -2.16. The summed E-state index contributed by atoms with van der Waals surface area (Å²) < 4.78 is 28.2. The Morgan fingerprint density at radius 2 is 1.65 bits per heavy atom. The predicted octanol–water partition coefficient (Wildman–Crippen LogP) is 5.50. The zero-order valence-corrected chi connectivity index (χ0v) is 19.2. The summed E-state index contributed by atoms with van der Waals surface area (Å²) in [5.41, 5.74) is 3.83. The van der Waals surface area contributed by atoms with Gasteiger partial charge >= 0.3 is 0 Å². The second-order valence-electron chi connectivity index (χ2n) is 7.41. The number of hydrogen-bond donors (Lipinski definition) is 2. The van der Waals surface area contributed by atoms with Crippen LogP contribution in [0.4, 0.5) is 5.69 Å². The molecule has 0 heterocycles. The maximum Gasteiger partial charge on any atom is 0.263 e. The molecule has 2 N–H and O–H groups in total. The number of benzene rings is 3. The molecule has 0 aliphatic carbocycles. The van der Waals surface area contributed by atoms with Gasteiger partial charge in [0.2, 0.25) is 0 Å². The van der Waals surface area contributed by atoms with Gasteiger partial charge in [-0.1, -0.05) is 60.5 Å². The molecule has 1 unspecified atom stereocenters. The van der Waals surface area contributed by atoms with Crippen molar-refractivity contribution in [1.82, 2.24) is 5.32 Å². The lowest BCUT2D eigenvalue weighted by molar-refractivity contribution is 0.0939. The molecule has 1 atom stereocenters. The lowest BCUT2D eigenvalue weighted by Crippen LogP contribution is -2.27. The molecule has 3 aromatic rings. The fourth-order valence-corrected chi connectivity index (χ4v) is 4.67. The SMILES string of the molecule is CCc1ccc(C(C)NC(=O)c2ccc(Cl)c(S(=O)(=O)Nc3ccc(C)cc3)c2)cc1. The highest BCUT2D eigenvalue weighted by atomic mass is 35.5. The second-order valence-corrected chi connectivity index (χ2v) is 9.47. The molecule has 3 rings (SSSR count). The Hall–Kier alpha value is -2.83. The number of hydrogen-bond acceptors (Lipinski definition) is 3. The van der Waals surface area contributed by atoms with Crippen molar-refractivity contribution in [3.8, 4) is 0 Å². The Kier molecular flexibility index (Phi) is 7.03. The Labute approximate surface area is 188 Å². The van der Waals surface area contributed by atoms with E-state index in [1.54, 1.807) is 24.3 Å². The van der Waals surface area contributed by atoms with E-state index in [0.29, 0.717) is 5.69 Å². The number of anilines is 1. The molecule has 162 valence electrons. The first-order valence-corrected chi connectivity index (χ1v) is 11.8. The predicted molar refractivity (Wildman–Crippen MR) is 125 cm³/mol. The molecule has 0 aromatic heterocycles. The van der Waals surface area contributed by atoms with Crippen molar-refractivity contribution in [1.29, 1.82) is 0 Å². The Balaban J connectivity index is 1.80. The highest BCUT2D eigenvalue weighted by molar-refractivity contribution is 7.92. The van der Waals surface area contributed by atoms with Crippen molar-refractivity contribution in [2.45, 2.75) is 38.1 Å². The number of nitrogens with one attached hydrogen (secondary N) is 2. The number of rotatable bonds is 7. The first-order chi connectivity index (χ1) is 14.7. The number of aryl methyl sites for hydroxylation is 2. The van der Waals surface area contributed by atoms with E-state index in [1.807, 2.05) is 38.1 Å². The van der Waals surface area contributed by atoms with Crippen LogP contribution in [0.5, 0.6) is 0 Å². The van der Waals surface area contributed by atoms with E-state index in [4.69, 9.17) is 11.6 Å². The molecule has 0 radical (unpaired) electrons. The van der Waals surface area contributed by atoms with Crippen molar-refractivity contribution in [3.63, 3.8) is 0 Å². The molecule has 0 fully saturated rings. The first-order valence-electron chi connectivity index (χ1n) is 9.98. The molecule has 0 saturated heterocycles. The van der Waals surface area contributed by atoms with Gasteiger partial charge in [-0.25, -0.2) is 8.42 Å². The summed E-state index contributed by atoms with van der Waals surface area (Å²) >= 11 is 6.16. The number of carbonyl (C=O) groups is 1. The van der Waals surface area contributed by atoms with Crippen molar-refractivity contribution in [3.05, 3.63) is 94.0 Å². The topological polar surface area (TPSA) is 75.3 Å².